The fourth-order valence-electron chi connectivity index (χ4n) is 3.49. The van der Waals surface area contributed by atoms with Gasteiger partial charge >= 0.3 is 0 Å². The number of hydrogen-bond acceptors (Lipinski definition) is 2. The summed E-state index contributed by atoms with van der Waals surface area (Å²) < 4.78 is 0. The Hall–Kier alpha value is -2.55. The largest absolute Gasteiger partial charge is 0.387 e. The Labute approximate surface area is 156 Å². The standard InChI is InChI=1S/C24H25NO/c1-2-3-4-5-18-6-8-19(9-7-18)10-11-20-12-15-23-21(16-20)13-14-22(17-25)24(23)26/h6-9,12,15-16,22,24,26H,2-5,13-14H2,1H3. The summed E-state index contributed by atoms with van der Waals surface area (Å²) in [5.74, 6) is 6.16. The molecular weight excluding hydrogens is 318 g/mol. The molecule has 132 valence electrons. The molecule has 2 nitrogen and oxygen atoms in total. The molecule has 2 aromatic rings. The number of fused-ring (bicyclic) bond motifs is 1. The second-order valence-electron chi connectivity index (χ2n) is 7.04. The normalized spacial score (nSPS) is 18.3. The van der Waals surface area contributed by atoms with E-state index in [1.807, 2.05) is 12.1 Å². The quantitative estimate of drug-likeness (QED) is 0.631. The minimum absolute atomic E-state index is 0.296. The van der Waals surface area contributed by atoms with E-state index in [2.05, 4.69) is 55.2 Å². The van der Waals surface area contributed by atoms with Crippen molar-refractivity contribution in [2.45, 2.75) is 51.6 Å². The molecule has 0 saturated heterocycles. The van der Waals surface area contributed by atoms with Crippen molar-refractivity contribution in [1.82, 2.24) is 0 Å². The van der Waals surface area contributed by atoms with Crippen molar-refractivity contribution in [2.24, 2.45) is 5.92 Å². The van der Waals surface area contributed by atoms with Gasteiger partial charge in [0.1, 0.15) is 0 Å². The number of unbranched alkanes of at least 4 members (excludes halogenated alkanes) is 2. The number of aliphatic hydroxyl groups is 1. The summed E-state index contributed by atoms with van der Waals surface area (Å²) >= 11 is 0. The first-order valence-corrected chi connectivity index (χ1v) is 9.52. The SMILES string of the molecule is CCCCCc1ccc(C#Cc2ccc3c(c2)CCC(C#N)C3O)cc1. The maximum Gasteiger partial charge on any atom is 0.0950 e. The van der Waals surface area contributed by atoms with Gasteiger partial charge in [-0.3, -0.25) is 0 Å². The summed E-state index contributed by atoms with van der Waals surface area (Å²) in [7, 11) is 0. The monoisotopic (exact) mass is 343 g/mol. The van der Waals surface area contributed by atoms with E-state index in [4.69, 9.17) is 5.26 Å². The van der Waals surface area contributed by atoms with Crippen molar-refractivity contribution >= 4 is 0 Å². The molecule has 0 aliphatic heterocycles. The van der Waals surface area contributed by atoms with E-state index < -0.39 is 6.10 Å². The molecule has 0 spiro atoms. The topological polar surface area (TPSA) is 44.0 Å². The van der Waals surface area contributed by atoms with Crippen molar-refractivity contribution in [3.63, 3.8) is 0 Å². The summed E-state index contributed by atoms with van der Waals surface area (Å²) in [5, 5.41) is 19.4. The van der Waals surface area contributed by atoms with Gasteiger partial charge in [0.05, 0.1) is 18.1 Å². The van der Waals surface area contributed by atoms with Crippen LogP contribution in [0.5, 0.6) is 0 Å². The Morgan fingerprint density at radius 3 is 2.50 bits per heavy atom. The highest BCUT2D eigenvalue weighted by molar-refractivity contribution is 5.47. The van der Waals surface area contributed by atoms with Crippen LogP contribution in [0.2, 0.25) is 0 Å². The molecule has 26 heavy (non-hydrogen) atoms. The number of benzene rings is 2. The van der Waals surface area contributed by atoms with Gasteiger partial charge in [-0.2, -0.15) is 5.26 Å². The molecule has 2 atom stereocenters. The van der Waals surface area contributed by atoms with E-state index >= 15 is 0 Å². The average Bonchev–Trinajstić information content (AvgIpc) is 2.68. The second-order valence-corrected chi connectivity index (χ2v) is 7.04. The number of aryl methyl sites for hydroxylation is 2. The molecule has 2 unspecified atom stereocenters. The number of hydrogen-bond donors (Lipinski definition) is 1. The van der Waals surface area contributed by atoms with Crippen LogP contribution in [0.1, 0.15) is 66.5 Å². The van der Waals surface area contributed by atoms with Gasteiger partial charge in [-0.25, -0.2) is 0 Å². The lowest BCUT2D eigenvalue weighted by Crippen LogP contribution is -2.19. The van der Waals surface area contributed by atoms with E-state index in [9.17, 15) is 5.11 Å². The predicted molar refractivity (Wildman–Crippen MR) is 104 cm³/mol. The minimum Gasteiger partial charge on any atom is -0.387 e. The number of nitriles is 1. The molecule has 3 rings (SSSR count). The highest BCUT2D eigenvalue weighted by Gasteiger charge is 2.27. The van der Waals surface area contributed by atoms with Gasteiger partial charge in [0.15, 0.2) is 0 Å². The fourth-order valence-corrected chi connectivity index (χ4v) is 3.49. The van der Waals surface area contributed by atoms with Gasteiger partial charge < -0.3 is 5.11 Å². The van der Waals surface area contributed by atoms with Crippen LogP contribution in [0, 0.1) is 29.1 Å². The van der Waals surface area contributed by atoms with Crippen LogP contribution in [0.25, 0.3) is 0 Å². The summed E-state index contributed by atoms with van der Waals surface area (Å²) in [6.45, 7) is 2.22. The van der Waals surface area contributed by atoms with Gasteiger partial charge in [-0.05, 0) is 66.6 Å². The molecule has 0 fully saturated rings. The fraction of sp³-hybridized carbons (Fsp3) is 0.375. The molecule has 0 bridgehead atoms. The molecule has 0 aromatic heterocycles. The lowest BCUT2D eigenvalue weighted by Gasteiger charge is -2.25. The van der Waals surface area contributed by atoms with Gasteiger partial charge in [0.2, 0.25) is 0 Å². The lowest BCUT2D eigenvalue weighted by atomic mass is 9.81. The van der Waals surface area contributed by atoms with Crippen LogP contribution in [0.15, 0.2) is 42.5 Å². The van der Waals surface area contributed by atoms with E-state index in [0.29, 0.717) is 6.42 Å². The summed E-state index contributed by atoms with van der Waals surface area (Å²) in [4.78, 5) is 0. The first-order chi connectivity index (χ1) is 12.7. The van der Waals surface area contributed by atoms with Gasteiger partial charge in [-0.15, -0.1) is 0 Å². The zero-order valence-corrected chi connectivity index (χ0v) is 15.3. The van der Waals surface area contributed by atoms with E-state index in [1.165, 1.54) is 24.8 Å². The molecule has 1 aliphatic rings. The Kier molecular flexibility index (Phi) is 6.11. The first-order valence-electron chi connectivity index (χ1n) is 9.52. The molecule has 1 N–H and O–H groups in total. The van der Waals surface area contributed by atoms with Gasteiger partial charge in [0, 0.05) is 11.1 Å². The third-order valence-electron chi connectivity index (χ3n) is 5.11. The minimum atomic E-state index is -0.675. The van der Waals surface area contributed by atoms with Crippen molar-refractivity contribution in [3.05, 3.63) is 70.3 Å². The Bertz CT molecular complexity index is 849. The smallest absolute Gasteiger partial charge is 0.0950 e. The Balaban J connectivity index is 1.70. The third kappa shape index (κ3) is 4.34. The zero-order valence-electron chi connectivity index (χ0n) is 15.3. The van der Waals surface area contributed by atoms with E-state index in [1.54, 1.807) is 0 Å². The molecule has 1 aliphatic carbocycles. The van der Waals surface area contributed by atoms with Crippen molar-refractivity contribution < 1.29 is 5.11 Å². The molecular formula is C24H25NO. The number of nitrogens with zero attached hydrogens (tertiary/aromatic N) is 1. The van der Waals surface area contributed by atoms with E-state index in [0.717, 1.165) is 35.1 Å². The maximum atomic E-state index is 10.3. The van der Waals surface area contributed by atoms with Crippen LogP contribution < -0.4 is 0 Å². The lowest BCUT2D eigenvalue weighted by molar-refractivity contribution is 0.121. The summed E-state index contributed by atoms with van der Waals surface area (Å²) in [5.41, 5.74) is 5.34. The van der Waals surface area contributed by atoms with Crippen LogP contribution in [-0.2, 0) is 12.8 Å². The highest BCUT2D eigenvalue weighted by atomic mass is 16.3. The molecule has 0 saturated carbocycles. The zero-order chi connectivity index (χ0) is 18.4. The van der Waals surface area contributed by atoms with Crippen LogP contribution in [-0.4, -0.2) is 5.11 Å². The number of rotatable bonds is 4. The van der Waals surface area contributed by atoms with Crippen molar-refractivity contribution in [1.29, 1.82) is 5.26 Å². The van der Waals surface area contributed by atoms with Crippen molar-refractivity contribution in [3.8, 4) is 17.9 Å². The number of aliphatic hydroxyl groups excluding tert-OH is 1. The van der Waals surface area contributed by atoms with Gasteiger partial charge in [-0.1, -0.05) is 49.8 Å². The molecule has 0 radical (unpaired) electrons. The van der Waals surface area contributed by atoms with Crippen LogP contribution in [0.3, 0.4) is 0 Å². The second kappa shape index (κ2) is 8.70. The first kappa shape index (κ1) is 18.2. The third-order valence-corrected chi connectivity index (χ3v) is 5.11. The molecule has 2 aromatic carbocycles. The van der Waals surface area contributed by atoms with Crippen LogP contribution in [0.4, 0.5) is 0 Å². The maximum absolute atomic E-state index is 10.3. The predicted octanol–water partition coefficient (Wildman–Crippen LogP) is 4.94. The summed E-state index contributed by atoms with van der Waals surface area (Å²) in [6.07, 6.45) is 5.77. The Morgan fingerprint density at radius 2 is 1.77 bits per heavy atom. The van der Waals surface area contributed by atoms with Crippen molar-refractivity contribution in [2.75, 3.05) is 0 Å². The highest BCUT2D eigenvalue weighted by Crippen LogP contribution is 2.34. The molecule has 2 heteroatoms. The van der Waals surface area contributed by atoms with Crippen LogP contribution >= 0.6 is 0 Å². The average molecular weight is 343 g/mol. The molecule has 0 heterocycles. The summed E-state index contributed by atoms with van der Waals surface area (Å²) in [6, 6.07) is 16.6. The van der Waals surface area contributed by atoms with Gasteiger partial charge in [0.25, 0.3) is 0 Å². The Morgan fingerprint density at radius 1 is 1.04 bits per heavy atom. The molecule has 0 amide bonds. The van der Waals surface area contributed by atoms with E-state index in [-0.39, 0.29) is 5.92 Å².